The van der Waals surface area contributed by atoms with Gasteiger partial charge in [0, 0.05) is 18.5 Å². The molecule has 8 heteroatoms. The highest BCUT2D eigenvalue weighted by Gasteiger charge is 2.16. The van der Waals surface area contributed by atoms with Gasteiger partial charge in [-0.1, -0.05) is 0 Å². The normalized spacial score (nSPS) is 11.9. The monoisotopic (exact) mass is 350 g/mol. The predicted molar refractivity (Wildman–Crippen MR) is 75.6 cm³/mol. The summed E-state index contributed by atoms with van der Waals surface area (Å²) in [4.78, 5) is 23.2. The van der Waals surface area contributed by atoms with E-state index in [2.05, 4.69) is 26.6 Å². The Morgan fingerprint density at radius 2 is 2.21 bits per heavy atom. The summed E-state index contributed by atoms with van der Waals surface area (Å²) >= 11 is 4.98. The Balaban J connectivity index is 2.19. The van der Waals surface area contributed by atoms with E-state index in [0.717, 1.165) is 15.1 Å². The molecule has 0 saturated carbocycles. The zero-order valence-electron chi connectivity index (χ0n) is 10.3. The van der Waals surface area contributed by atoms with E-state index in [1.54, 1.807) is 11.3 Å². The van der Waals surface area contributed by atoms with E-state index in [1.807, 2.05) is 12.1 Å². The van der Waals surface area contributed by atoms with E-state index in [-0.39, 0.29) is 6.54 Å². The zero-order chi connectivity index (χ0) is 14.3. The third-order valence-corrected chi connectivity index (χ3v) is 3.98. The summed E-state index contributed by atoms with van der Waals surface area (Å²) in [5.41, 5.74) is 0. The van der Waals surface area contributed by atoms with Crippen LogP contribution in [0.5, 0.6) is 0 Å². The number of urea groups is 1. The third-order valence-electron chi connectivity index (χ3n) is 2.29. The Labute approximate surface area is 123 Å². The quantitative estimate of drug-likeness (QED) is 0.694. The van der Waals surface area contributed by atoms with Gasteiger partial charge >= 0.3 is 12.0 Å². The van der Waals surface area contributed by atoms with Gasteiger partial charge in [-0.05, 0) is 34.5 Å². The Hall–Kier alpha value is -1.12. The predicted octanol–water partition coefficient (Wildman–Crippen LogP) is 1.45. The number of carbonyl (C=O) groups is 2. The highest BCUT2D eigenvalue weighted by Crippen LogP contribution is 2.21. The molecule has 6 nitrogen and oxygen atoms in total. The van der Waals surface area contributed by atoms with Crippen LogP contribution >= 0.6 is 27.3 Å². The molecule has 0 aromatic carbocycles. The van der Waals surface area contributed by atoms with Crippen LogP contribution < -0.4 is 10.6 Å². The fraction of sp³-hybridized carbons (Fsp3) is 0.455. The van der Waals surface area contributed by atoms with Gasteiger partial charge in [-0.25, -0.2) is 9.59 Å². The Morgan fingerprint density at radius 3 is 2.74 bits per heavy atom. The maximum atomic E-state index is 11.4. The van der Waals surface area contributed by atoms with Gasteiger partial charge in [0.05, 0.1) is 10.3 Å². The number of hydrogen-bond acceptors (Lipinski definition) is 4. The molecule has 1 rings (SSSR count). The van der Waals surface area contributed by atoms with E-state index < -0.39 is 18.1 Å². The van der Waals surface area contributed by atoms with Crippen LogP contribution in [0.3, 0.4) is 0 Å². The third kappa shape index (κ3) is 6.04. The van der Waals surface area contributed by atoms with Crippen molar-refractivity contribution in [3.05, 3.63) is 20.8 Å². The molecule has 1 aromatic heterocycles. The summed E-state index contributed by atoms with van der Waals surface area (Å²) in [5.74, 6) is -1.11. The molecule has 2 amide bonds. The lowest BCUT2D eigenvalue weighted by Gasteiger charge is -2.12. The van der Waals surface area contributed by atoms with Crippen LogP contribution in [0, 0.1) is 0 Å². The number of hydrogen-bond donors (Lipinski definition) is 3. The molecule has 0 spiro atoms. The zero-order valence-corrected chi connectivity index (χ0v) is 12.7. The van der Waals surface area contributed by atoms with Crippen LogP contribution in [-0.4, -0.2) is 43.4 Å². The van der Waals surface area contributed by atoms with Gasteiger partial charge in [0.25, 0.3) is 0 Å². The summed E-state index contributed by atoms with van der Waals surface area (Å²) in [6, 6.07) is 3.54. The van der Waals surface area contributed by atoms with Gasteiger partial charge in [-0.3, -0.25) is 0 Å². The van der Waals surface area contributed by atoms with Crippen molar-refractivity contribution >= 4 is 39.3 Å². The van der Waals surface area contributed by atoms with Gasteiger partial charge in [0.15, 0.2) is 6.10 Å². The lowest BCUT2D eigenvalue weighted by molar-refractivity contribution is -0.147. The van der Waals surface area contributed by atoms with Crippen LogP contribution in [0.4, 0.5) is 4.79 Å². The highest BCUT2D eigenvalue weighted by molar-refractivity contribution is 9.11. The molecule has 1 unspecified atom stereocenters. The number of aliphatic carboxylic acids is 1. The second-order valence-electron chi connectivity index (χ2n) is 3.66. The highest BCUT2D eigenvalue weighted by atomic mass is 79.9. The molecule has 0 aliphatic carbocycles. The molecule has 19 heavy (non-hydrogen) atoms. The van der Waals surface area contributed by atoms with Crippen molar-refractivity contribution in [3.8, 4) is 0 Å². The number of carbonyl (C=O) groups excluding carboxylic acids is 1. The van der Waals surface area contributed by atoms with Crippen LogP contribution in [0.25, 0.3) is 0 Å². The van der Waals surface area contributed by atoms with Crippen molar-refractivity contribution in [1.29, 1.82) is 0 Å². The number of amides is 2. The van der Waals surface area contributed by atoms with Crippen LogP contribution in [0.2, 0.25) is 0 Å². The average Bonchev–Trinajstić information content (AvgIpc) is 2.75. The molecular weight excluding hydrogens is 336 g/mol. The van der Waals surface area contributed by atoms with Crippen molar-refractivity contribution in [3.63, 3.8) is 0 Å². The van der Waals surface area contributed by atoms with Gasteiger partial charge < -0.3 is 20.5 Å². The summed E-state index contributed by atoms with van der Waals surface area (Å²) in [5, 5.41) is 13.8. The molecular formula is C11H15BrN2O4S. The number of ether oxygens (including phenoxy) is 1. The van der Waals surface area contributed by atoms with E-state index >= 15 is 0 Å². The van der Waals surface area contributed by atoms with Gasteiger partial charge in [0.2, 0.25) is 0 Å². The number of halogens is 1. The fourth-order valence-electron chi connectivity index (χ4n) is 1.30. The first-order valence-corrected chi connectivity index (χ1v) is 7.15. The molecule has 0 radical (unpaired) electrons. The maximum Gasteiger partial charge on any atom is 0.334 e. The lowest BCUT2D eigenvalue weighted by Crippen LogP contribution is -2.43. The molecule has 0 fully saturated rings. The molecule has 0 bridgehead atoms. The molecule has 3 N–H and O–H groups in total. The summed E-state index contributed by atoms with van der Waals surface area (Å²) < 4.78 is 5.75. The number of methoxy groups -OCH3 is 1. The molecule has 0 saturated heterocycles. The molecule has 1 heterocycles. The first-order valence-electron chi connectivity index (χ1n) is 5.54. The van der Waals surface area contributed by atoms with Crippen molar-refractivity contribution in [2.45, 2.75) is 12.5 Å². The van der Waals surface area contributed by atoms with Crippen molar-refractivity contribution < 1.29 is 19.4 Å². The summed E-state index contributed by atoms with van der Waals surface area (Å²) in [7, 11) is 1.28. The second-order valence-corrected chi connectivity index (χ2v) is 6.20. The van der Waals surface area contributed by atoms with Crippen LogP contribution in [0.15, 0.2) is 15.9 Å². The fourth-order valence-corrected chi connectivity index (χ4v) is 2.79. The van der Waals surface area contributed by atoms with Crippen molar-refractivity contribution in [2.24, 2.45) is 0 Å². The first kappa shape index (κ1) is 15.9. The summed E-state index contributed by atoms with van der Waals surface area (Å²) in [6.45, 7) is 0.422. The molecule has 1 atom stereocenters. The molecule has 1 aromatic rings. The molecule has 106 valence electrons. The minimum Gasteiger partial charge on any atom is -0.479 e. The maximum absolute atomic E-state index is 11.4. The minimum absolute atomic E-state index is 0.0672. The van der Waals surface area contributed by atoms with E-state index in [9.17, 15) is 9.59 Å². The SMILES string of the molecule is COC(CNC(=O)NCCc1ccc(Br)s1)C(=O)O. The smallest absolute Gasteiger partial charge is 0.334 e. The molecule has 0 aliphatic rings. The Bertz CT molecular complexity index is 438. The minimum atomic E-state index is -1.11. The molecule has 0 aliphatic heterocycles. The number of carboxylic acids is 1. The summed E-state index contributed by atoms with van der Waals surface area (Å²) in [6.07, 6.45) is -0.296. The van der Waals surface area contributed by atoms with Crippen LogP contribution in [-0.2, 0) is 16.0 Å². The Kier molecular flexibility index (Phi) is 6.82. The van der Waals surface area contributed by atoms with E-state index in [4.69, 9.17) is 9.84 Å². The van der Waals surface area contributed by atoms with Crippen LogP contribution in [0.1, 0.15) is 4.88 Å². The van der Waals surface area contributed by atoms with Crippen molar-refractivity contribution in [2.75, 3.05) is 20.2 Å². The van der Waals surface area contributed by atoms with Gasteiger partial charge in [-0.2, -0.15) is 0 Å². The van der Waals surface area contributed by atoms with Gasteiger partial charge in [-0.15, -0.1) is 11.3 Å². The number of nitrogens with one attached hydrogen (secondary N) is 2. The van der Waals surface area contributed by atoms with E-state index in [0.29, 0.717) is 6.54 Å². The van der Waals surface area contributed by atoms with E-state index in [1.165, 1.54) is 7.11 Å². The lowest BCUT2D eigenvalue weighted by atomic mass is 10.3. The largest absolute Gasteiger partial charge is 0.479 e. The van der Waals surface area contributed by atoms with Gasteiger partial charge in [0.1, 0.15) is 0 Å². The first-order chi connectivity index (χ1) is 9.02. The Morgan fingerprint density at radius 1 is 1.47 bits per heavy atom. The number of thiophene rings is 1. The number of carboxylic acid groups (broad SMARTS) is 1. The average molecular weight is 351 g/mol. The number of rotatable bonds is 7. The van der Waals surface area contributed by atoms with Crippen molar-refractivity contribution in [1.82, 2.24) is 10.6 Å². The standard InChI is InChI=1S/C11H15BrN2O4S/c1-18-8(10(15)16)6-14-11(17)13-5-4-7-2-3-9(12)19-7/h2-3,8H,4-6H2,1H3,(H,15,16)(H2,13,14,17). The second kappa shape index (κ2) is 8.13. The topological polar surface area (TPSA) is 87.7 Å².